The molecule has 1 aliphatic heterocycles. The Labute approximate surface area is 206 Å². The molecule has 1 amide bonds. The van der Waals surface area contributed by atoms with Gasteiger partial charge in [0.25, 0.3) is 0 Å². The number of nitrogens with one attached hydrogen (secondary N) is 1. The van der Waals surface area contributed by atoms with Gasteiger partial charge in [-0.25, -0.2) is 18.5 Å². The third-order valence-corrected chi connectivity index (χ3v) is 6.80. The van der Waals surface area contributed by atoms with Crippen LogP contribution in [-0.2, 0) is 4.74 Å². The Morgan fingerprint density at radius 2 is 1.89 bits per heavy atom. The summed E-state index contributed by atoms with van der Waals surface area (Å²) in [7, 11) is 0. The van der Waals surface area contributed by atoms with Gasteiger partial charge in [-0.3, -0.25) is 4.90 Å². The molecule has 1 spiro atoms. The number of nitrogens with zero attached hydrogens (tertiary/aromatic N) is 5. The van der Waals surface area contributed by atoms with Crippen LogP contribution in [0.25, 0.3) is 16.7 Å². The van der Waals surface area contributed by atoms with Crippen molar-refractivity contribution < 1.29 is 18.6 Å². The van der Waals surface area contributed by atoms with Crippen LogP contribution in [0.2, 0.25) is 0 Å². The molecule has 11 heteroatoms. The molecule has 1 aliphatic carbocycles. The number of fused-ring (bicyclic) bond motifs is 1. The second-order valence-electron chi connectivity index (χ2n) is 9.00. The summed E-state index contributed by atoms with van der Waals surface area (Å²) < 4.78 is 26.2. The SMILES string of the molecule is Cl.O=C1OC2(CCC(CNc3ccn(-c4ccccc4F)n3)CC2)CN1c1ccc2nonc2c1. The molecule has 2 fully saturated rings. The van der Waals surface area contributed by atoms with E-state index in [9.17, 15) is 9.18 Å². The largest absolute Gasteiger partial charge is 0.441 e. The summed E-state index contributed by atoms with van der Waals surface area (Å²) in [4.78, 5) is 14.3. The Hall–Kier alpha value is -3.66. The summed E-state index contributed by atoms with van der Waals surface area (Å²) in [6, 6.07) is 13.8. The van der Waals surface area contributed by atoms with Gasteiger partial charge in [-0.05, 0) is 72.2 Å². The molecule has 4 aromatic rings. The Bertz CT molecular complexity index is 1350. The number of para-hydroxylation sites is 1. The van der Waals surface area contributed by atoms with Crippen molar-refractivity contribution in [1.29, 1.82) is 0 Å². The normalized spacial score (nSPS) is 21.8. The number of aromatic nitrogens is 4. The lowest BCUT2D eigenvalue weighted by atomic mass is 9.78. The van der Waals surface area contributed by atoms with Gasteiger partial charge in [0.1, 0.15) is 34.0 Å². The molecule has 0 unspecified atom stereocenters. The van der Waals surface area contributed by atoms with Crippen molar-refractivity contribution in [3.05, 3.63) is 60.5 Å². The topological polar surface area (TPSA) is 98.3 Å². The lowest BCUT2D eigenvalue weighted by Crippen LogP contribution is -2.39. The van der Waals surface area contributed by atoms with Gasteiger partial charge in [0.15, 0.2) is 0 Å². The number of hydrogen-bond acceptors (Lipinski definition) is 7. The van der Waals surface area contributed by atoms with E-state index in [1.165, 1.54) is 10.7 Å². The number of anilines is 2. The Morgan fingerprint density at radius 1 is 1.09 bits per heavy atom. The summed E-state index contributed by atoms with van der Waals surface area (Å²) >= 11 is 0. The fourth-order valence-corrected chi connectivity index (χ4v) is 4.87. The first kappa shape index (κ1) is 23.1. The third kappa shape index (κ3) is 4.41. The Kier molecular flexibility index (Phi) is 6.06. The average Bonchev–Trinajstić information content (AvgIpc) is 3.58. The number of amides is 1. The van der Waals surface area contributed by atoms with E-state index in [1.54, 1.807) is 41.4 Å². The molecule has 182 valence electrons. The molecular formula is C24H24ClFN6O3. The first-order chi connectivity index (χ1) is 16.6. The van der Waals surface area contributed by atoms with Crippen molar-refractivity contribution >= 4 is 41.0 Å². The number of hydrogen-bond donors (Lipinski definition) is 1. The molecule has 2 aromatic carbocycles. The standard InChI is InChI=1S/C24H23FN6O3.ClH/c25-18-3-1-2-4-21(18)31-12-9-22(27-31)26-14-16-7-10-24(11-8-16)15-30(23(32)33-24)17-5-6-19-20(13-17)29-34-28-19;/h1-6,9,12-13,16H,7-8,10-11,14-15H2,(H,26,27);1H. The van der Waals surface area contributed by atoms with Gasteiger partial charge in [0, 0.05) is 24.5 Å². The zero-order chi connectivity index (χ0) is 23.1. The van der Waals surface area contributed by atoms with E-state index in [0.717, 1.165) is 37.9 Å². The molecule has 9 nitrogen and oxygen atoms in total. The van der Waals surface area contributed by atoms with Gasteiger partial charge in [-0.15, -0.1) is 12.4 Å². The van der Waals surface area contributed by atoms with Crippen LogP contribution in [0.15, 0.2) is 59.4 Å². The van der Waals surface area contributed by atoms with Crippen molar-refractivity contribution in [2.75, 3.05) is 23.3 Å². The van der Waals surface area contributed by atoms with Crippen molar-refractivity contribution in [2.24, 2.45) is 5.92 Å². The highest BCUT2D eigenvalue weighted by Crippen LogP contribution is 2.41. The zero-order valence-corrected chi connectivity index (χ0v) is 19.6. The van der Waals surface area contributed by atoms with Crippen molar-refractivity contribution in [2.45, 2.75) is 31.3 Å². The molecule has 0 bridgehead atoms. The fourth-order valence-electron chi connectivity index (χ4n) is 4.87. The van der Waals surface area contributed by atoms with Crippen molar-refractivity contribution in [1.82, 2.24) is 20.1 Å². The maximum atomic E-state index is 14.0. The quantitative estimate of drug-likeness (QED) is 0.415. The van der Waals surface area contributed by atoms with Gasteiger partial charge in [0.2, 0.25) is 0 Å². The highest BCUT2D eigenvalue weighted by Gasteiger charge is 2.47. The van der Waals surface area contributed by atoms with E-state index in [2.05, 4.69) is 20.7 Å². The van der Waals surface area contributed by atoms with Crippen LogP contribution in [0.1, 0.15) is 25.7 Å². The van der Waals surface area contributed by atoms with E-state index in [4.69, 9.17) is 9.37 Å². The maximum absolute atomic E-state index is 14.0. The van der Waals surface area contributed by atoms with Crippen LogP contribution >= 0.6 is 12.4 Å². The summed E-state index contributed by atoms with van der Waals surface area (Å²) in [6.07, 6.45) is 4.90. The minimum atomic E-state index is -0.461. The van der Waals surface area contributed by atoms with Gasteiger partial charge < -0.3 is 10.1 Å². The first-order valence-electron chi connectivity index (χ1n) is 11.4. The number of carbonyl (C=O) groups excluding carboxylic acids is 1. The number of ether oxygens (including phenoxy) is 1. The minimum Gasteiger partial charge on any atom is -0.441 e. The predicted octanol–water partition coefficient (Wildman–Crippen LogP) is 4.97. The fraction of sp³-hybridized carbons (Fsp3) is 0.333. The maximum Gasteiger partial charge on any atom is 0.415 e. The minimum absolute atomic E-state index is 0. The van der Waals surface area contributed by atoms with E-state index in [1.807, 2.05) is 12.1 Å². The smallest absolute Gasteiger partial charge is 0.415 e. The highest BCUT2D eigenvalue weighted by molar-refractivity contribution is 5.92. The lowest BCUT2D eigenvalue weighted by Gasteiger charge is -2.35. The van der Waals surface area contributed by atoms with Crippen LogP contribution in [0.5, 0.6) is 0 Å². The first-order valence-corrected chi connectivity index (χ1v) is 11.4. The predicted molar refractivity (Wildman–Crippen MR) is 130 cm³/mol. The number of rotatable bonds is 5. The molecule has 2 aliphatic rings. The molecule has 6 rings (SSSR count). The number of benzene rings is 2. The molecule has 0 atom stereocenters. The Balaban J connectivity index is 0.00000253. The van der Waals surface area contributed by atoms with E-state index in [-0.39, 0.29) is 24.3 Å². The van der Waals surface area contributed by atoms with Crippen LogP contribution in [0.3, 0.4) is 0 Å². The van der Waals surface area contributed by atoms with Crippen LogP contribution < -0.4 is 10.2 Å². The van der Waals surface area contributed by atoms with Crippen LogP contribution in [0.4, 0.5) is 20.7 Å². The highest BCUT2D eigenvalue weighted by atomic mass is 35.5. The second-order valence-corrected chi connectivity index (χ2v) is 9.00. The van der Waals surface area contributed by atoms with Crippen LogP contribution in [-0.4, -0.2) is 44.9 Å². The zero-order valence-electron chi connectivity index (χ0n) is 18.8. The van der Waals surface area contributed by atoms with E-state index >= 15 is 0 Å². The second kappa shape index (κ2) is 9.18. The molecule has 35 heavy (non-hydrogen) atoms. The molecule has 3 heterocycles. The molecule has 1 saturated heterocycles. The summed E-state index contributed by atoms with van der Waals surface area (Å²) in [6.45, 7) is 1.29. The van der Waals surface area contributed by atoms with Gasteiger partial charge in [-0.2, -0.15) is 5.10 Å². The van der Waals surface area contributed by atoms with Crippen molar-refractivity contribution in [3.8, 4) is 5.69 Å². The van der Waals surface area contributed by atoms with Crippen molar-refractivity contribution in [3.63, 3.8) is 0 Å². The average molecular weight is 499 g/mol. The molecule has 0 radical (unpaired) electrons. The van der Waals surface area contributed by atoms with E-state index < -0.39 is 5.60 Å². The molecular weight excluding hydrogens is 475 g/mol. The van der Waals surface area contributed by atoms with Crippen LogP contribution in [0, 0.1) is 11.7 Å². The molecule has 1 N–H and O–H groups in total. The molecule has 1 saturated carbocycles. The van der Waals surface area contributed by atoms with Gasteiger partial charge in [0.05, 0.1) is 6.54 Å². The number of carbonyl (C=O) groups is 1. The van der Waals surface area contributed by atoms with E-state index in [0.29, 0.717) is 35.0 Å². The molecule has 2 aromatic heterocycles. The summed E-state index contributed by atoms with van der Waals surface area (Å²) in [5.41, 5.74) is 1.95. The van der Waals surface area contributed by atoms with Gasteiger partial charge in [-0.1, -0.05) is 12.1 Å². The number of halogens is 2. The summed E-state index contributed by atoms with van der Waals surface area (Å²) in [5, 5.41) is 15.5. The summed E-state index contributed by atoms with van der Waals surface area (Å²) in [5.74, 6) is 0.835. The lowest BCUT2D eigenvalue weighted by molar-refractivity contribution is 0.0148. The monoisotopic (exact) mass is 498 g/mol. The van der Waals surface area contributed by atoms with Gasteiger partial charge >= 0.3 is 6.09 Å². The Morgan fingerprint density at radius 3 is 2.71 bits per heavy atom. The third-order valence-electron chi connectivity index (χ3n) is 6.80.